The van der Waals surface area contributed by atoms with Crippen LogP contribution in [-0.2, 0) is 29.0 Å². The predicted molar refractivity (Wildman–Crippen MR) is 84.8 cm³/mol. The van der Waals surface area contributed by atoms with Crippen molar-refractivity contribution >= 4 is 34.8 Å². The molecule has 0 saturated carbocycles. The number of hydrogen-bond donors (Lipinski definition) is 0. The number of carbonyl (C=O) groups is 1. The average Bonchev–Trinajstić information content (AvgIpc) is 2.48. The van der Waals surface area contributed by atoms with E-state index >= 15 is 0 Å². The summed E-state index contributed by atoms with van der Waals surface area (Å²) in [5.41, 5.74) is 4.18. The lowest BCUT2D eigenvalue weighted by atomic mass is 9.96. The molecule has 1 aromatic carbocycles. The molecule has 0 aliphatic carbocycles. The molecule has 0 fully saturated rings. The van der Waals surface area contributed by atoms with Crippen molar-refractivity contribution in [2.24, 2.45) is 0 Å². The zero-order valence-corrected chi connectivity index (χ0v) is 13.7. The Balaban J connectivity index is 3.45. The van der Waals surface area contributed by atoms with E-state index in [0.29, 0.717) is 6.61 Å². The maximum Gasteiger partial charge on any atom is 0.242 e. The molecule has 20 heavy (non-hydrogen) atoms. The maximum absolute atomic E-state index is 12.0. The maximum atomic E-state index is 12.0. The van der Waals surface area contributed by atoms with Gasteiger partial charge in [-0.1, -0.05) is 26.0 Å². The Bertz CT molecular complexity index is 463. The van der Waals surface area contributed by atoms with E-state index in [9.17, 15) is 4.79 Å². The fourth-order valence-electron chi connectivity index (χ4n) is 2.36. The Kier molecular flexibility index (Phi) is 7.35. The lowest BCUT2D eigenvalue weighted by molar-refractivity contribution is -0.116. The normalized spacial score (nSPS) is 10.7. The summed E-state index contributed by atoms with van der Waals surface area (Å²) in [6.45, 7) is 4.65. The molecule has 0 N–H and O–H groups in total. The van der Waals surface area contributed by atoms with E-state index in [2.05, 4.69) is 19.9 Å². The molecule has 0 aliphatic rings. The lowest BCUT2D eigenvalue weighted by Gasteiger charge is -2.26. The number of nitrogens with zero attached hydrogens (tertiary/aromatic N) is 1. The van der Waals surface area contributed by atoms with E-state index in [-0.39, 0.29) is 17.8 Å². The van der Waals surface area contributed by atoms with Gasteiger partial charge in [0.2, 0.25) is 5.91 Å². The highest BCUT2D eigenvalue weighted by Crippen LogP contribution is 2.31. The quantitative estimate of drug-likeness (QED) is 0.566. The van der Waals surface area contributed by atoms with E-state index in [1.165, 1.54) is 0 Å². The van der Waals surface area contributed by atoms with Gasteiger partial charge < -0.3 is 4.74 Å². The molecule has 0 heterocycles. The van der Waals surface area contributed by atoms with E-state index < -0.39 is 0 Å². The number of rotatable bonds is 7. The van der Waals surface area contributed by atoms with Crippen LogP contribution >= 0.6 is 23.2 Å². The van der Waals surface area contributed by atoms with Crippen LogP contribution in [-0.4, -0.2) is 24.9 Å². The summed E-state index contributed by atoms with van der Waals surface area (Å²) < 4.78 is 5.24. The fraction of sp³-hybridized carbons (Fsp3) is 0.533. The van der Waals surface area contributed by atoms with Crippen LogP contribution in [0.25, 0.3) is 0 Å². The van der Waals surface area contributed by atoms with Crippen LogP contribution in [0.3, 0.4) is 0 Å². The molecule has 0 aromatic heterocycles. The van der Waals surface area contributed by atoms with Gasteiger partial charge in [0.05, 0.1) is 12.3 Å². The third-order valence-electron chi connectivity index (χ3n) is 3.30. The van der Waals surface area contributed by atoms with Gasteiger partial charge in [-0.25, -0.2) is 0 Å². The molecule has 1 amide bonds. The van der Waals surface area contributed by atoms with Crippen molar-refractivity contribution in [3.05, 3.63) is 28.8 Å². The van der Waals surface area contributed by atoms with Gasteiger partial charge in [-0.2, -0.15) is 0 Å². The topological polar surface area (TPSA) is 29.5 Å². The first-order chi connectivity index (χ1) is 9.64. The first kappa shape index (κ1) is 17.3. The number of methoxy groups -OCH3 is 1. The minimum Gasteiger partial charge on any atom is -0.380 e. The Hall–Kier alpha value is -0.770. The largest absolute Gasteiger partial charge is 0.380 e. The summed E-state index contributed by atoms with van der Waals surface area (Å²) in [7, 11) is 1.66. The Morgan fingerprint density at radius 1 is 1.20 bits per heavy atom. The summed E-state index contributed by atoms with van der Waals surface area (Å²) in [4.78, 5) is 13.6. The summed E-state index contributed by atoms with van der Waals surface area (Å²) in [6, 6.07) is 4.19. The van der Waals surface area contributed by atoms with Crippen molar-refractivity contribution < 1.29 is 9.53 Å². The second-order valence-electron chi connectivity index (χ2n) is 4.43. The van der Waals surface area contributed by atoms with Gasteiger partial charge in [0.25, 0.3) is 0 Å². The van der Waals surface area contributed by atoms with E-state index in [0.717, 1.165) is 35.2 Å². The monoisotopic (exact) mass is 317 g/mol. The van der Waals surface area contributed by atoms with Crippen LogP contribution in [0.2, 0.25) is 0 Å². The van der Waals surface area contributed by atoms with E-state index in [4.69, 9.17) is 27.9 Å². The van der Waals surface area contributed by atoms with Crippen molar-refractivity contribution in [1.29, 1.82) is 0 Å². The molecule has 0 saturated heterocycles. The zero-order valence-electron chi connectivity index (χ0n) is 12.2. The number of hydrogen-bond acceptors (Lipinski definition) is 2. The summed E-state index contributed by atoms with van der Waals surface area (Å²) >= 11 is 11.7. The number of carbonyl (C=O) groups excluding carboxylic acids is 1. The first-order valence-electron chi connectivity index (χ1n) is 6.69. The van der Waals surface area contributed by atoms with Gasteiger partial charge in [-0.15, -0.1) is 23.2 Å². The highest BCUT2D eigenvalue weighted by molar-refractivity contribution is 6.31. The van der Waals surface area contributed by atoms with Crippen molar-refractivity contribution in [3.63, 3.8) is 0 Å². The molecule has 0 aliphatic heterocycles. The van der Waals surface area contributed by atoms with Crippen molar-refractivity contribution in [1.82, 2.24) is 0 Å². The molecule has 5 heteroatoms. The van der Waals surface area contributed by atoms with Crippen LogP contribution < -0.4 is 4.90 Å². The number of amides is 1. The number of ether oxygens (including phenoxy) is 1. The SMILES string of the molecule is CCc1ccc(COC)c(CC)c1N(CCl)C(=O)CCl. The summed E-state index contributed by atoms with van der Waals surface area (Å²) in [5.74, 6) is -0.256. The molecule has 0 spiro atoms. The third kappa shape index (κ3) is 3.66. The van der Waals surface area contributed by atoms with E-state index in [1.807, 2.05) is 6.07 Å². The smallest absolute Gasteiger partial charge is 0.242 e. The van der Waals surface area contributed by atoms with Crippen LogP contribution in [0, 0.1) is 0 Å². The highest BCUT2D eigenvalue weighted by Gasteiger charge is 2.21. The predicted octanol–water partition coefficient (Wildman–Crippen LogP) is 3.73. The summed E-state index contributed by atoms with van der Waals surface area (Å²) in [6.07, 6.45) is 1.64. The van der Waals surface area contributed by atoms with Gasteiger partial charge in [-0.05, 0) is 29.5 Å². The fourth-order valence-corrected chi connectivity index (χ4v) is 2.75. The van der Waals surface area contributed by atoms with Crippen molar-refractivity contribution in [2.75, 3.05) is 23.9 Å². The number of halogens is 2. The molecule has 0 radical (unpaired) electrons. The first-order valence-corrected chi connectivity index (χ1v) is 7.76. The van der Waals surface area contributed by atoms with Crippen molar-refractivity contribution in [3.8, 4) is 0 Å². The zero-order chi connectivity index (χ0) is 15.1. The van der Waals surface area contributed by atoms with Crippen LogP contribution in [0.15, 0.2) is 12.1 Å². The molecule has 0 atom stereocenters. The average molecular weight is 318 g/mol. The highest BCUT2D eigenvalue weighted by atomic mass is 35.5. The standard InChI is InChI=1S/C15H21Cl2NO2/c1-4-11-6-7-12(9-20-3)13(5-2)15(11)18(10-17)14(19)8-16/h6-7H,4-5,8-10H2,1-3H3. The molecule has 1 aromatic rings. The Labute approximate surface area is 130 Å². The second kappa shape index (κ2) is 8.50. The Morgan fingerprint density at radius 2 is 1.85 bits per heavy atom. The minimum absolute atomic E-state index is 0.0759. The van der Waals surface area contributed by atoms with Gasteiger partial charge in [0, 0.05) is 7.11 Å². The number of anilines is 1. The third-order valence-corrected chi connectivity index (χ3v) is 3.77. The number of aryl methyl sites for hydroxylation is 1. The van der Waals surface area contributed by atoms with Gasteiger partial charge >= 0.3 is 0 Å². The van der Waals surface area contributed by atoms with E-state index in [1.54, 1.807) is 12.0 Å². The molecule has 112 valence electrons. The van der Waals surface area contributed by atoms with Crippen molar-refractivity contribution in [2.45, 2.75) is 33.3 Å². The lowest BCUT2D eigenvalue weighted by Crippen LogP contribution is -2.32. The Morgan fingerprint density at radius 3 is 2.30 bits per heavy atom. The van der Waals surface area contributed by atoms with Gasteiger partial charge in [0.1, 0.15) is 11.9 Å². The molecule has 3 nitrogen and oxygen atoms in total. The molecule has 0 bridgehead atoms. The minimum atomic E-state index is -0.180. The second-order valence-corrected chi connectivity index (χ2v) is 4.93. The molecule has 0 unspecified atom stereocenters. The molecule has 1 rings (SSSR count). The summed E-state index contributed by atoms with van der Waals surface area (Å²) in [5, 5.41) is 0. The van der Waals surface area contributed by atoms with Crippen LogP contribution in [0.1, 0.15) is 30.5 Å². The van der Waals surface area contributed by atoms with Gasteiger partial charge in [-0.3, -0.25) is 9.69 Å². The van der Waals surface area contributed by atoms with Crippen LogP contribution in [0.5, 0.6) is 0 Å². The number of alkyl halides is 2. The molecular weight excluding hydrogens is 297 g/mol. The number of benzene rings is 1. The molecular formula is C15H21Cl2NO2. The van der Waals surface area contributed by atoms with Gasteiger partial charge in [0.15, 0.2) is 0 Å². The van der Waals surface area contributed by atoms with Crippen LogP contribution in [0.4, 0.5) is 5.69 Å².